The number of nitrogens with zero attached hydrogens (tertiary/aromatic N) is 3. The molecule has 0 unspecified atom stereocenters. The highest BCUT2D eigenvalue weighted by Crippen LogP contribution is 2.33. The molecule has 0 bridgehead atoms. The Morgan fingerprint density at radius 2 is 1.96 bits per heavy atom. The van der Waals surface area contributed by atoms with Crippen LogP contribution in [0.5, 0.6) is 11.5 Å². The molecule has 1 aromatic carbocycles. The lowest BCUT2D eigenvalue weighted by molar-refractivity contribution is -0.118. The van der Waals surface area contributed by atoms with Gasteiger partial charge >= 0.3 is 0 Å². The Balaban J connectivity index is 1.41. The van der Waals surface area contributed by atoms with Gasteiger partial charge in [-0.15, -0.1) is 0 Å². The molecule has 3 heterocycles. The van der Waals surface area contributed by atoms with Gasteiger partial charge in [0.2, 0.25) is 12.7 Å². The molecule has 136 valence electrons. The Labute approximate surface area is 150 Å². The largest absolute Gasteiger partial charge is 0.454 e. The Kier molecular flexibility index (Phi) is 4.24. The molecule has 2 N–H and O–H groups in total. The molecule has 0 aliphatic carbocycles. The van der Waals surface area contributed by atoms with Crippen molar-refractivity contribution in [1.82, 2.24) is 14.5 Å². The highest BCUT2D eigenvalue weighted by atomic mass is 16.7. The zero-order valence-electron chi connectivity index (χ0n) is 14.3. The normalized spacial score (nSPS) is 16.7. The molecule has 1 saturated heterocycles. The first-order chi connectivity index (χ1) is 12.6. The van der Waals surface area contributed by atoms with Crippen molar-refractivity contribution in [3.63, 3.8) is 0 Å². The zero-order chi connectivity index (χ0) is 18.1. The summed E-state index contributed by atoms with van der Waals surface area (Å²) in [7, 11) is 0. The fourth-order valence-electron chi connectivity index (χ4n) is 3.54. The quantitative estimate of drug-likeness (QED) is 0.885. The molecule has 4 rings (SSSR count). The van der Waals surface area contributed by atoms with Crippen LogP contribution in [0.2, 0.25) is 0 Å². The number of fused-ring (bicyclic) bond motifs is 1. The summed E-state index contributed by atoms with van der Waals surface area (Å²) < 4.78 is 12.4. The summed E-state index contributed by atoms with van der Waals surface area (Å²) in [6.07, 6.45) is 5.05. The maximum Gasteiger partial charge on any atom is 0.253 e. The van der Waals surface area contributed by atoms with Crippen molar-refractivity contribution < 1.29 is 19.1 Å². The molecule has 2 aliphatic rings. The lowest BCUT2D eigenvalue weighted by Gasteiger charge is -2.32. The fourth-order valence-corrected chi connectivity index (χ4v) is 3.54. The number of primary amides is 1. The highest BCUT2D eigenvalue weighted by molar-refractivity contribution is 5.95. The standard InChI is InChI=1S/C18H20N4O4/c19-16(23)10-22-8-5-20-17(22)12-3-6-21(7-4-12)18(24)13-1-2-14-15(9-13)26-11-25-14/h1-2,5,8-9,12H,3-4,6-7,10-11H2,(H2,19,23). The zero-order valence-corrected chi connectivity index (χ0v) is 14.3. The van der Waals surface area contributed by atoms with Crippen LogP contribution in [-0.4, -0.2) is 46.1 Å². The predicted octanol–water partition coefficient (Wildman–Crippen LogP) is 1.12. The van der Waals surface area contributed by atoms with E-state index >= 15 is 0 Å². The second-order valence-corrected chi connectivity index (χ2v) is 6.51. The molecule has 8 heteroatoms. The third-order valence-corrected chi connectivity index (χ3v) is 4.84. The molecule has 26 heavy (non-hydrogen) atoms. The van der Waals surface area contributed by atoms with Crippen LogP contribution in [0.25, 0.3) is 0 Å². The smallest absolute Gasteiger partial charge is 0.253 e. The van der Waals surface area contributed by atoms with Crippen molar-refractivity contribution in [2.75, 3.05) is 19.9 Å². The third kappa shape index (κ3) is 3.10. The molecule has 0 saturated carbocycles. The number of nitrogens with two attached hydrogens (primary N) is 1. The van der Waals surface area contributed by atoms with Gasteiger partial charge in [0.05, 0.1) is 0 Å². The van der Waals surface area contributed by atoms with Gasteiger partial charge in [-0.3, -0.25) is 9.59 Å². The first-order valence-electron chi connectivity index (χ1n) is 8.60. The van der Waals surface area contributed by atoms with E-state index < -0.39 is 0 Å². The SMILES string of the molecule is NC(=O)Cn1ccnc1C1CCN(C(=O)c2ccc3c(c2)OCO3)CC1. The molecule has 2 aliphatic heterocycles. The van der Waals surface area contributed by atoms with Crippen LogP contribution in [0.3, 0.4) is 0 Å². The number of rotatable bonds is 4. The van der Waals surface area contributed by atoms with Gasteiger partial charge in [0.1, 0.15) is 12.4 Å². The third-order valence-electron chi connectivity index (χ3n) is 4.84. The summed E-state index contributed by atoms with van der Waals surface area (Å²) in [5, 5.41) is 0. The van der Waals surface area contributed by atoms with Gasteiger partial charge in [-0.25, -0.2) is 4.98 Å². The summed E-state index contributed by atoms with van der Waals surface area (Å²) in [6, 6.07) is 5.26. The topological polar surface area (TPSA) is 99.7 Å². The van der Waals surface area contributed by atoms with Crippen LogP contribution < -0.4 is 15.2 Å². The number of benzene rings is 1. The Hall–Kier alpha value is -3.03. The van der Waals surface area contributed by atoms with Crippen LogP contribution in [0, 0.1) is 0 Å². The first-order valence-corrected chi connectivity index (χ1v) is 8.60. The molecule has 2 amide bonds. The summed E-state index contributed by atoms with van der Waals surface area (Å²) in [4.78, 5) is 30.2. The number of ether oxygens (including phenoxy) is 2. The second-order valence-electron chi connectivity index (χ2n) is 6.51. The van der Waals surface area contributed by atoms with E-state index in [1.807, 2.05) is 4.90 Å². The number of amides is 2. The van der Waals surface area contributed by atoms with E-state index in [0.717, 1.165) is 18.7 Å². The average molecular weight is 356 g/mol. The van der Waals surface area contributed by atoms with Gasteiger partial charge in [0, 0.05) is 37.0 Å². The van der Waals surface area contributed by atoms with Gasteiger partial charge in [0.25, 0.3) is 5.91 Å². The van der Waals surface area contributed by atoms with Crippen molar-refractivity contribution in [2.24, 2.45) is 5.73 Å². The summed E-state index contributed by atoms with van der Waals surface area (Å²) in [6.45, 7) is 1.60. The molecule has 1 aromatic heterocycles. The lowest BCUT2D eigenvalue weighted by Crippen LogP contribution is -2.38. The monoisotopic (exact) mass is 356 g/mol. The molecule has 2 aromatic rings. The van der Waals surface area contributed by atoms with Gasteiger partial charge < -0.3 is 24.7 Å². The van der Waals surface area contributed by atoms with Crippen LogP contribution >= 0.6 is 0 Å². The number of aromatic nitrogens is 2. The number of carbonyl (C=O) groups is 2. The average Bonchev–Trinajstić information content (AvgIpc) is 3.29. The number of imidazole rings is 1. The number of hydrogen-bond acceptors (Lipinski definition) is 5. The van der Waals surface area contributed by atoms with Crippen LogP contribution in [0.4, 0.5) is 0 Å². The number of likely N-dealkylation sites (tertiary alicyclic amines) is 1. The van der Waals surface area contributed by atoms with E-state index in [1.165, 1.54) is 0 Å². The Morgan fingerprint density at radius 1 is 1.19 bits per heavy atom. The van der Waals surface area contributed by atoms with Crippen molar-refractivity contribution in [3.05, 3.63) is 42.0 Å². The van der Waals surface area contributed by atoms with E-state index in [9.17, 15) is 9.59 Å². The summed E-state index contributed by atoms with van der Waals surface area (Å²) in [5.74, 6) is 1.95. The van der Waals surface area contributed by atoms with Gasteiger partial charge in [0.15, 0.2) is 11.5 Å². The fraction of sp³-hybridized carbons (Fsp3) is 0.389. The van der Waals surface area contributed by atoms with Gasteiger partial charge in [-0.05, 0) is 31.0 Å². The maximum atomic E-state index is 12.8. The predicted molar refractivity (Wildman–Crippen MR) is 91.9 cm³/mol. The Bertz CT molecular complexity index is 839. The first kappa shape index (κ1) is 16.4. The lowest BCUT2D eigenvalue weighted by atomic mass is 9.95. The molecule has 0 atom stereocenters. The molecular formula is C18H20N4O4. The molecule has 0 spiro atoms. The Morgan fingerprint density at radius 3 is 2.73 bits per heavy atom. The van der Waals surface area contributed by atoms with Crippen LogP contribution in [0.15, 0.2) is 30.6 Å². The minimum atomic E-state index is -0.389. The second kappa shape index (κ2) is 6.70. The number of carbonyl (C=O) groups excluding carboxylic acids is 2. The highest BCUT2D eigenvalue weighted by Gasteiger charge is 2.28. The number of hydrogen-bond donors (Lipinski definition) is 1. The minimum Gasteiger partial charge on any atom is -0.454 e. The summed E-state index contributed by atoms with van der Waals surface area (Å²) >= 11 is 0. The van der Waals surface area contributed by atoms with Crippen LogP contribution in [-0.2, 0) is 11.3 Å². The maximum absolute atomic E-state index is 12.8. The van der Waals surface area contributed by atoms with E-state index in [-0.39, 0.29) is 31.1 Å². The summed E-state index contributed by atoms with van der Waals surface area (Å²) in [5.41, 5.74) is 5.89. The van der Waals surface area contributed by atoms with Crippen LogP contribution in [0.1, 0.15) is 34.9 Å². The van der Waals surface area contributed by atoms with E-state index in [2.05, 4.69) is 4.98 Å². The van der Waals surface area contributed by atoms with Crippen molar-refractivity contribution >= 4 is 11.8 Å². The van der Waals surface area contributed by atoms with Crippen molar-refractivity contribution in [1.29, 1.82) is 0 Å². The van der Waals surface area contributed by atoms with E-state index in [0.29, 0.717) is 30.2 Å². The number of piperidine rings is 1. The van der Waals surface area contributed by atoms with Crippen molar-refractivity contribution in [2.45, 2.75) is 25.3 Å². The van der Waals surface area contributed by atoms with Crippen molar-refractivity contribution in [3.8, 4) is 11.5 Å². The minimum absolute atomic E-state index is 0.0118. The van der Waals surface area contributed by atoms with Gasteiger partial charge in [-0.2, -0.15) is 0 Å². The van der Waals surface area contributed by atoms with E-state index in [4.69, 9.17) is 15.2 Å². The molecular weight excluding hydrogens is 336 g/mol. The molecule has 8 nitrogen and oxygen atoms in total. The van der Waals surface area contributed by atoms with Gasteiger partial charge in [-0.1, -0.05) is 0 Å². The molecule has 1 fully saturated rings. The van der Waals surface area contributed by atoms with E-state index in [1.54, 1.807) is 35.2 Å². The molecule has 0 radical (unpaired) electrons.